The Balaban J connectivity index is 2.27. The zero-order valence-corrected chi connectivity index (χ0v) is 36.6. The highest BCUT2D eigenvalue weighted by atomic mass is 35.5. The van der Waals surface area contributed by atoms with Gasteiger partial charge in [0.1, 0.15) is 0 Å². The van der Waals surface area contributed by atoms with Crippen LogP contribution in [-0.2, 0) is 18.9 Å². The summed E-state index contributed by atoms with van der Waals surface area (Å²) in [4.78, 5) is 41.4. The lowest BCUT2D eigenvalue weighted by atomic mass is 10.2. The predicted molar refractivity (Wildman–Crippen MR) is 224 cm³/mol. The van der Waals surface area contributed by atoms with Crippen molar-refractivity contribution in [3.8, 4) is 0 Å². The van der Waals surface area contributed by atoms with E-state index in [1.807, 2.05) is 56.4 Å². The first-order valence-corrected chi connectivity index (χ1v) is 21.1. The minimum absolute atomic E-state index is 0.153. The molecule has 2 rings (SSSR count). The lowest BCUT2D eigenvalue weighted by molar-refractivity contribution is 0.0484. The molecule has 0 N–H and O–H groups in total. The van der Waals surface area contributed by atoms with Crippen LogP contribution in [0.2, 0.25) is 10.0 Å². The number of carbonyl (C=O) groups excluding carboxylic acids is 2. The average molecular weight is 834 g/mol. The Hall–Kier alpha value is -1.66. The van der Waals surface area contributed by atoms with Crippen LogP contribution in [0.25, 0.3) is 0 Å². The van der Waals surface area contributed by atoms with E-state index in [4.69, 9.17) is 42.1 Å². The van der Waals surface area contributed by atoms with Gasteiger partial charge >= 0.3 is 0 Å². The zero-order valence-electron chi connectivity index (χ0n) is 33.5. The Morgan fingerprint density at radius 1 is 0.463 bits per heavy atom. The summed E-state index contributed by atoms with van der Waals surface area (Å²) < 4.78 is 23.4. The molecule has 0 saturated heterocycles. The molecule has 0 bridgehead atoms. The van der Waals surface area contributed by atoms with Gasteiger partial charge in [0.05, 0.1) is 64.0 Å². The number of nitrogens with zero attached hydrogens (tertiary/aromatic N) is 6. The molecule has 0 spiro atoms. The fraction of sp³-hybridized carbons (Fsp3) is 0.632. The molecule has 0 heterocycles. The van der Waals surface area contributed by atoms with E-state index in [0.29, 0.717) is 110 Å². The van der Waals surface area contributed by atoms with E-state index < -0.39 is 0 Å². The van der Waals surface area contributed by atoms with E-state index in [1.54, 1.807) is 46.2 Å². The van der Waals surface area contributed by atoms with Crippen molar-refractivity contribution in [3.63, 3.8) is 0 Å². The molecule has 16 heteroatoms. The van der Waals surface area contributed by atoms with Crippen LogP contribution in [0, 0.1) is 0 Å². The Labute approximate surface area is 342 Å². The molecular weight excluding hydrogens is 771 g/mol. The van der Waals surface area contributed by atoms with Crippen molar-refractivity contribution < 1.29 is 28.5 Å². The Bertz CT molecular complexity index is 1240. The number of amides is 2. The first kappa shape index (κ1) is 48.5. The number of carbonyl (C=O) groups is 2. The van der Waals surface area contributed by atoms with E-state index >= 15 is 0 Å². The zero-order chi connectivity index (χ0) is 39.9. The molecule has 0 aromatic heterocycles. The van der Waals surface area contributed by atoms with Gasteiger partial charge in [0, 0.05) is 72.2 Å². The maximum atomic E-state index is 14.1. The van der Waals surface area contributed by atoms with E-state index in [2.05, 4.69) is 19.6 Å². The van der Waals surface area contributed by atoms with Gasteiger partial charge in [0.2, 0.25) is 0 Å². The molecule has 0 atom stereocenters. The largest absolute Gasteiger partial charge is 0.378 e. The minimum atomic E-state index is -0.153. The summed E-state index contributed by atoms with van der Waals surface area (Å²) in [5, 5.41) is 0.995. The van der Waals surface area contributed by atoms with Gasteiger partial charge in [-0.3, -0.25) is 9.59 Å². The number of rotatable bonds is 29. The van der Waals surface area contributed by atoms with Crippen LogP contribution < -0.4 is 0 Å². The third kappa shape index (κ3) is 20.5. The molecule has 0 radical (unpaired) electrons. The number of benzene rings is 2. The standard InChI is InChI=1S/C38H62Cl2N6O6S2/c1-41(2)13-21-49-25-17-45(18-26-50-22-14-42(3)4)37(47)33-11-9-31(39)29-35(33)53-54-36-30-32(40)10-12-34(36)38(48)46(19-27-51-23-15-43(5)6)20-28-52-24-16-44(7)8/h9-12,29-30H,13-28H2,1-8H3. The van der Waals surface area contributed by atoms with E-state index in [1.165, 1.54) is 21.6 Å². The van der Waals surface area contributed by atoms with E-state index in [-0.39, 0.29) is 11.8 Å². The number of ether oxygens (including phenoxy) is 4. The molecule has 54 heavy (non-hydrogen) atoms. The summed E-state index contributed by atoms with van der Waals surface area (Å²) in [6.45, 7) is 8.64. The monoisotopic (exact) mass is 832 g/mol. The quantitative estimate of drug-likeness (QED) is 0.0818. The molecule has 2 aromatic carbocycles. The van der Waals surface area contributed by atoms with Crippen molar-refractivity contribution in [2.24, 2.45) is 0 Å². The smallest absolute Gasteiger partial charge is 0.255 e. The first-order chi connectivity index (χ1) is 25.8. The molecule has 306 valence electrons. The van der Waals surface area contributed by atoms with Gasteiger partial charge in [-0.15, -0.1) is 0 Å². The van der Waals surface area contributed by atoms with Crippen LogP contribution in [0.4, 0.5) is 0 Å². The van der Waals surface area contributed by atoms with Gasteiger partial charge in [-0.2, -0.15) is 0 Å². The molecule has 0 fully saturated rings. The summed E-state index contributed by atoms with van der Waals surface area (Å²) in [5.41, 5.74) is 1.000. The second kappa shape index (κ2) is 27.9. The SMILES string of the molecule is CN(C)CCOCCN(CCOCCN(C)C)C(=O)c1ccc(Cl)cc1SSc1cc(Cl)ccc1C(=O)N(CCOCCN(C)C)CCOCCN(C)C. The Morgan fingerprint density at radius 3 is 0.981 bits per heavy atom. The van der Waals surface area contributed by atoms with Crippen molar-refractivity contribution in [3.05, 3.63) is 57.6 Å². The van der Waals surface area contributed by atoms with E-state index in [0.717, 1.165) is 26.2 Å². The van der Waals surface area contributed by atoms with Crippen LogP contribution in [0.5, 0.6) is 0 Å². The number of hydrogen-bond acceptors (Lipinski definition) is 12. The first-order valence-electron chi connectivity index (χ1n) is 18.2. The van der Waals surface area contributed by atoms with Crippen molar-refractivity contribution in [2.45, 2.75) is 9.79 Å². The van der Waals surface area contributed by atoms with Crippen molar-refractivity contribution in [1.29, 1.82) is 0 Å². The maximum absolute atomic E-state index is 14.1. The topological polar surface area (TPSA) is 90.5 Å². The van der Waals surface area contributed by atoms with Gasteiger partial charge < -0.3 is 48.3 Å². The molecule has 0 aliphatic rings. The van der Waals surface area contributed by atoms with Crippen LogP contribution in [-0.4, -0.2) is 203 Å². The maximum Gasteiger partial charge on any atom is 0.255 e. The Kier molecular flexibility index (Phi) is 25.0. The highest BCUT2D eigenvalue weighted by Crippen LogP contribution is 2.42. The molecule has 0 aliphatic heterocycles. The average Bonchev–Trinajstić information content (AvgIpc) is 3.10. The summed E-state index contributed by atoms with van der Waals surface area (Å²) in [6.07, 6.45) is 0. The van der Waals surface area contributed by atoms with Crippen LogP contribution in [0.1, 0.15) is 20.7 Å². The van der Waals surface area contributed by atoms with Gasteiger partial charge in [0.25, 0.3) is 11.8 Å². The lowest BCUT2D eigenvalue weighted by Gasteiger charge is -2.25. The predicted octanol–water partition coefficient (Wildman–Crippen LogP) is 4.99. The molecule has 0 aliphatic carbocycles. The van der Waals surface area contributed by atoms with Crippen LogP contribution in [0.15, 0.2) is 46.2 Å². The summed E-state index contributed by atoms with van der Waals surface area (Å²) in [7, 11) is 18.7. The van der Waals surface area contributed by atoms with Gasteiger partial charge in [-0.1, -0.05) is 44.8 Å². The fourth-order valence-electron chi connectivity index (χ4n) is 4.64. The van der Waals surface area contributed by atoms with Gasteiger partial charge in [-0.25, -0.2) is 0 Å². The normalized spacial score (nSPS) is 11.7. The van der Waals surface area contributed by atoms with Crippen molar-refractivity contribution in [1.82, 2.24) is 29.4 Å². The molecule has 12 nitrogen and oxygen atoms in total. The van der Waals surface area contributed by atoms with Gasteiger partial charge in [0.15, 0.2) is 0 Å². The molecule has 2 amide bonds. The molecular formula is C38H62Cl2N6O6S2. The van der Waals surface area contributed by atoms with E-state index in [9.17, 15) is 9.59 Å². The highest BCUT2D eigenvalue weighted by Gasteiger charge is 2.23. The van der Waals surface area contributed by atoms with Crippen LogP contribution >= 0.6 is 44.8 Å². The fourth-order valence-corrected chi connectivity index (χ4v) is 7.50. The molecule has 2 aromatic rings. The Morgan fingerprint density at radius 2 is 0.722 bits per heavy atom. The highest BCUT2D eigenvalue weighted by molar-refractivity contribution is 8.76. The number of hydrogen-bond donors (Lipinski definition) is 0. The van der Waals surface area contributed by atoms with Crippen molar-refractivity contribution in [2.75, 3.05) is 162 Å². The minimum Gasteiger partial charge on any atom is -0.378 e. The summed E-state index contributed by atoms with van der Waals surface area (Å²) >= 11 is 13.0. The van der Waals surface area contributed by atoms with Crippen LogP contribution in [0.3, 0.4) is 0 Å². The van der Waals surface area contributed by atoms with Crippen molar-refractivity contribution >= 4 is 56.6 Å². The second-order valence-corrected chi connectivity index (χ2v) is 16.8. The number of likely N-dealkylation sites (N-methyl/N-ethyl adjacent to an activating group) is 4. The molecule has 0 unspecified atom stereocenters. The summed E-state index contributed by atoms with van der Waals surface area (Å²) in [5.74, 6) is -0.307. The van der Waals surface area contributed by atoms with Gasteiger partial charge in [-0.05, 0) is 92.8 Å². The third-order valence-electron chi connectivity index (χ3n) is 7.90. The lowest BCUT2D eigenvalue weighted by Crippen LogP contribution is -2.37. The third-order valence-corrected chi connectivity index (χ3v) is 10.8. The second-order valence-electron chi connectivity index (χ2n) is 13.7. The summed E-state index contributed by atoms with van der Waals surface area (Å²) in [6, 6.07) is 10.5. The number of halogens is 2. The molecule has 0 saturated carbocycles.